The van der Waals surface area contributed by atoms with E-state index in [4.69, 9.17) is 28.9 Å². The zero-order valence-corrected chi connectivity index (χ0v) is 18.7. The minimum atomic E-state index is -0.295. The molecule has 1 fully saturated rings. The van der Waals surface area contributed by atoms with Crippen molar-refractivity contribution in [1.82, 2.24) is 4.90 Å². The van der Waals surface area contributed by atoms with E-state index in [2.05, 4.69) is 18.1 Å². The molecule has 1 atom stereocenters. The highest BCUT2D eigenvalue weighted by Crippen LogP contribution is 2.26. The predicted octanol–water partition coefficient (Wildman–Crippen LogP) is 4.41. The maximum absolute atomic E-state index is 12.5. The van der Waals surface area contributed by atoms with Crippen LogP contribution < -0.4 is 10.6 Å². The normalized spacial score (nSPS) is 14.2. The summed E-state index contributed by atoms with van der Waals surface area (Å²) in [4.78, 5) is 28.1. The van der Waals surface area contributed by atoms with E-state index in [0.29, 0.717) is 49.2 Å². The molecule has 2 N–H and O–H groups in total. The van der Waals surface area contributed by atoms with Crippen molar-refractivity contribution in [2.45, 2.75) is 33.6 Å². The molecule has 5 nitrogen and oxygen atoms in total. The van der Waals surface area contributed by atoms with Crippen LogP contribution >= 0.6 is 23.2 Å². The van der Waals surface area contributed by atoms with Crippen LogP contribution in [0.2, 0.25) is 10.0 Å². The van der Waals surface area contributed by atoms with Gasteiger partial charge in [-0.25, -0.2) is 0 Å². The van der Waals surface area contributed by atoms with Gasteiger partial charge in [-0.15, -0.1) is 13.2 Å². The highest BCUT2D eigenvalue weighted by atomic mass is 35.5. The van der Waals surface area contributed by atoms with Crippen molar-refractivity contribution in [3.63, 3.8) is 0 Å². The molecule has 7 heteroatoms. The second kappa shape index (κ2) is 14.4. The number of hydrogen-bond acceptors (Lipinski definition) is 4. The summed E-state index contributed by atoms with van der Waals surface area (Å²) in [6, 6.07) is 5.45. The van der Waals surface area contributed by atoms with Crippen molar-refractivity contribution < 1.29 is 9.59 Å². The summed E-state index contributed by atoms with van der Waals surface area (Å²) in [5.74, 6) is -0.217. The first-order valence-electron chi connectivity index (χ1n) is 9.62. The Kier molecular flexibility index (Phi) is 13.6. The highest BCUT2D eigenvalue weighted by Gasteiger charge is 2.26. The van der Waals surface area contributed by atoms with E-state index in [1.165, 1.54) is 0 Å². The number of rotatable bonds is 6. The Morgan fingerprint density at radius 1 is 1.07 bits per heavy atom. The van der Waals surface area contributed by atoms with Gasteiger partial charge in [0.1, 0.15) is 5.78 Å². The monoisotopic (exact) mass is 429 g/mol. The highest BCUT2D eigenvalue weighted by molar-refractivity contribution is 6.35. The second-order valence-electron chi connectivity index (χ2n) is 6.12. The molecule has 1 aliphatic rings. The van der Waals surface area contributed by atoms with Crippen molar-refractivity contribution in [1.29, 1.82) is 0 Å². The van der Waals surface area contributed by atoms with E-state index in [-0.39, 0.29) is 24.0 Å². The lowest BCUT2D eigenvalue weighted by Crippen LogP contribution is -2.50. The van der Waals surface area contributed by atoms with Crippen LogP contribution in [-0.2, 0) is 9.59 Å². The van der Waals surface area contributed by atoms with E-state index in [0.717, 1.165) is 5.69 Å². The molecule has 1 saturated heterocycles. The Balaban J connectivity index is 0.00000171. The SMILES string of the molecule is C=C.CC.CC(CC(=O)CCN)C(=O)N1CCN(c2cc(Cl)cc(Cl)c2)CC1. The molecular weight excluding hydrogens is 397 g/mol. The Bertz CT molecular complexity index is 597. The molecule has 1 unspecified atom stereocenters. The van der Waals surface area contributed by atoms with E-state index in [1.807, 2.05) is 30.9 Å². The smallest absolute Gasteiger partial charge is 0.225 e. The van der Waals surface area contributed by atoms with E-state index in [9.17, 15) is 9.59 Å². The van der Waals surface area contributed by atoms with Crippen molar-refractivity contribution >= 4 is 40.6 Å². The van der Waals surface area contributed by atoms with Gasteiger partial charge in [0.25, 0.3) is 0 Å². The number of ketones is 1. The topological polar surface area (TPSA) is 66.6 Å². The van der Waals surface area contributed by atoms with Gasteiger partial charge in [0.05, 0.1) is 0 Å². The Labute approximate surface area is 179 Å². The van der Waals surface area contributed by atoms with Crippen LogP contribution in [0.25, 0.3) is 0 Å². The number of benzene rings is 1. The predicted molar refractivity (Wildman–Crippen MR) is 120 cm³/mol. The molecule has 1 aromatic rings. The minimum absolute atomic E-state index is 0.0316. The third kappa shape index (κ3) is 8.63. The maximum Gasteiger partial charge on any atom is 0.225 e. The van der Waals surface area contributed by atoms with Crippen LogP contribution in [0.4, 0.5) is 5.69 Å². The van der Waals surface area contributed by atoms with E-state index >= 15 is 0 Å². The first-order valence-corrected chi connectivity index (χ1v) is 10.4. The fourth-order valence-corrected chi connectivity index (χ4v) is 3.42. The van der Waals surface area contributed by atoms with Gasteiger partial charge in [0, 0.05) is 60.7 Å². The molecule has 0 bridgehead atoms. The van der Waals surface area contributed by atoms with Gasteiger partial charge in [-0.1, -0.05) is 44.0 Å². The molecule has 158 valence electrons. The van der Waals surface area contributed by atoms with Gasteiger partial charge < -0.3 is 15.5 Å². The molecule has 1 amide bonds. The number of carbonyl (C=O) groups is 2. The fraction of sp³-hybridized carbons (Fsp3) is 0.524. The molecule has 2 rings (SSSR count). The Morgan fingerprint density at radius 3 is 2.04 bits per heavy atom. The molecule has 0 aromatic heterocycles. The zero-order chi connectivity index (χ0) is 21.7. The van der Waals surface area contributed by atoms with Crippen LogP contribution in [0.3, 0.4) is 0 Å². The van der Waals surface area contributed by atoms with Crippen LogP contribution in [0.15, 0.2) is 31.4 Å². The number of piperazine rings is 1. The molecule has 1 aliphatic heterocycles. The quantitative estimate of drug-likeness (QED) is 0.679. The molecule has 1 aromatic carbocycles. The van der Waals surface area contributed by atoms with E-state index < -0.39 is 0 Å². The average molecular weight is 430 g/mol. The third-order valence-electron chi connectivity index (χ3n) is 4.18. The lowest BCUT2D eigenvalue weighted by molar-refractivity contribution is -0.137. The number of carbonyl (C=O) groups excluding carboxylic acids is 2. The first kappa shape index (κ1) is 26.4. The van der Waals surface area contributed by atoms with Gasteiger partial charge in [0.2, 0.25) is 5.91 Å². The van der Waals surface area contributed by atoms with Crippen LogP contribution in [-0.4, -0.2) is 49.3 Å². The summed E-state index contributed by atoms with van der Waals surface area (Å²) < 4.78 is 0. The fourth-order valence-electron chi connectivity index (χ4n) is 2.91. The molecule has 0 aliphatic carbocycles. The maximum atomic E-state index is 12.5. The summed E-state index contributed by atoms with van der Waals surface area (Å²) in [6.45, 7) is 14.8. The largest absolute Gasteiger partial charge is 0.368 e. The van der Waals surface area contributed by atoms with Crippen LogP contribution in [0.5, 0.6) is 0 Å². The number of Topliss-reactive ketones (excluding diaryl/α,β-unsaturated/α-hetero) is 1. The number of nitrogens with zero attached hydrogens (tertiary/aromatic N) is 2. The summed E-state index contributed by atoms with van der Waals surface area (Å²) in [7, 11) is 0. The summed E-state index contributed by atoms with van der Waals surface area (Å²) >= 11 is 12.1. The number of anilines is 1. The van der Waals surface area contributed by atoms with Crippen molar-refractivity contribution in [2.24, 2.45) is 11.7 Å². The standard InChI is InChI=1S/C17H23Cl2N3O2.C2H6.C2H4/c1-12(8-16(23)2-3-20)17(24)22-6-4-21(5-7-22)15-10-13(18)9-14(19)11-15;2*1-2/h9-12H,2-8,20H2,1H3;1-2H3;1-2H2. The lowest BCUT2D eigenvalue weighted by atomic mass is 10.0. The molecule has 0 saturated carbocycles. The first-order chi connectivity index (χ1) is 13.4. The molecule has 1 heterocycles. The van der Waals surface area contributed by atoms with Gasteiger partial charge in [0.15, 0.2) is 0 Å². The number of amides is 1. The number of nitrogens with two attached hydrogens (primary N) is 1. The van der Waals surface area contributed by atoms with Gasteiger partial charge >= 0.3 is 0 Å². The van der Waals surface area contributed by atoms with Gasteiger partial charge in [-0.05, 0) is 24.7 Å². The van der Waals surface area contributed by atoms with Crippen molar-refractivity contribution in [3.8, 4) is 0 Å². The van der Waals surface area contributed by atoms with Crippen LogP contribution in [0.1, 0.15) is 33.6 Å². The van der Waals surface area contributed by atoms with Gasteiger partial charge in [-0.2, -0.15) is 0 Å². The molecule has 0 radical (unpaired) electrons. The summed E-state index contributed by atoms with van der Waals surface area (Å²) in [6.07, 6.45) is 0.598. The zero-order valence-electron chi connectivity index (χ0n) is 17.2. The third-order valence-corrected chi connectivity index (χ3v) is 4.62. The van der Waals surface area contributed by atoms with Crippen molar-refractivity contribution in [3.05, 3.63) is 41.4 Å². The van der Waals surface area contributed by atoms with Crippen molar-refractivity contribution in [2.75, 3.05) is 37.6 Å². The van der Waals surface area contributed by atoms with E-state index in [1.54, 1.807) is 13.0 Å². The average Bonchev–Trinajstić information content (AvgIpc) is 2.70. The Hall–Kier alpha value is -1.56. The molecular formula is C21H33Cl2N3O2. The Morgan fingerprint density at radius 2 is 1.57 bits per heavy atom. The molecule has 28 heavy (non-hydrogen) atoms. The number of hydrogen-bond donors (Lipinski definition) is 1. The summed E-state index contributed by atoms with van der Waals surface area (Å²) in [5, 5.41) is 1.20. The number of halogens is 2. The van der Waals surface area contributed by atoms with Gasteiger partial charge in [-0.3, -0.25) is 9.59 Å². The lowest BCUT2D eigenvalue weighted by Gasteiger charge is -2.37. The second-order valence-corrected chi connectivity index (χ2v) is 7.00. The molecule has 0 spiro atoms. The summed E-state index contributed by atoms with van der Waals surface area (Å²) in [5.41, 5.74) is 6.34. The van der Waals surface area contributed by atoms with Crippen LogP contribution in [0, 0.1) is 5.92 Å². The minimum Gasteiger partial charge on any atom is -0.368 e.